The van der Waals surface area contributed by atoms with Gasteiger partial charge in [-0.15, -0.1) is 0 Å². The van der Waals surface area contributed by atoms with Crippen molar-refractivity contribution in [1.82, 2.24) is 10.0 Å². The molecule has 3 aromatic rings. The first kappa shape index (κ1) is 18.8. The molecule has 0 unspecified atom stereocenters. The highest BCUT2D eigenvalue weighted by Crippen LogP contribution is 2.35. The van der Waals surface area contributed by atoms with Crippen LogP contribution in [0.1, 0.15) is 5.89 Å². The fraction of sp³-hybridized carbons (Fsp3) is 0.111. The van der Waals surface area contributed by atoms with Crippen LogP contribution in [0.15, 0.2) is 63.9 Å². The van der Waals surface area contributed by atoms with Crippen LogP contribution in [0.5, 0.6) is 0 Å². The van der Waals surface area contributed by atoms with Gasteiger partial charge in [0.05, 0.1) is 4.90 Å². The first-order chi connectivity index (χ1) is 12.8. The number of primary sulfonamides is 1. The van der Waals surface area contributed by atoms with E-state index in [2.05, 4.69) is 4.98 Å². The Morgan fingerprint density at radius 3 is 2.41 bits per heavy atom. The molecule has 8 nitrogen and oxygen atoms in total. The second kappa shape index (κ2) is 7.31. The summed E-state index contributed by atoms with van der Waals surface area (Å²) in [5, 5.41) is 15.0. The van der Waals surface area contributed by atoms with Gasteiger partial charge in [0.1, 0.15) is 12.1 Å². The molecule has 0 spiro atoms. The quantitative estimate of drug-likeness (QED) is 0.509. The minimum atomic E-state index is -4.00. The zero-order valence-electron chi connectivity index (χ0n) is 14.4. The highest BCUT2D eigenvalue weighted by molar-refractivity contribution is 7.89. The number of carbonyl (C=O) groups excluding carboxylic acids is 1. The van der Waals surface area contributed by atoms with Crippen LogP contribution < -0.4 is 5.14 Å². The molecule has 140 valence electrons. The molecule has 0 atom stereocenters. The van der Waals surface area contributed by atoms with E-state index in [1.165, 1.54) is 13.1 Å². The lowest BCUT2D eigenvalue weighted by molar-refractivity contribution is -0.158. The van der Waals surface area contributed by atoms with Crippen LogP contribution in [-0.4, -0.2) is 36.6 Å². The number of benzene rings is 2. The lowest BCUT2D eigenvalue weighted by Crippen LogP contribution is -2.24. The highest BCUT2D eigenvalue weighted by atomic mass is 32.2. The van der Waals surface area contributed by atoms with Gasteiger partial charge in [0.15, 0.2) is 5.76 Å². The SMILES string of the molecule is CN(O)C(=O)Cc1nc(-c2ccccc2S(N)(=O)=O)c(-c2ccccc2)o1. The van der Waals surface area contributed by atoms with Gasteiger partial charge in [0.2, 0.25) is 15.9 Å². The molecule has 0 aliphatic rings. The van der Waals surface area contributed by atoms with Gasteiger partial charge in [0, 0.05) is 18.2 Å². The minimum Gasteiger partial charge on any atom is -0.439 e. The summed E-state index contributed by atoms with van der Waals surface area (Å²) in [6.07, 6.45) is -0.287. The first-order valence-corrected chi connectivity index (χ1v) is 9.45. The Bertz CT molecular complexity index is 1080. The Kier molecular flexibility index (Phi) is 5.08. The maximum absolute atomic E-state index is 12.0. The van der Waals surface area contributed by atoms with E-state index in [1.807, 2.05) is 6.07 Å². The lowest BCUT2D eigenvalue weighted by Gasteiger charge is -2.06. The van der Waals surface area contributed by atoms with Crippen molar-refractivity contribution < 1.29 is 22.8 Å². The summed E-state index contributed by atoms with van der Waals surface area (Å²) in [6, 6.07) is 15.1. The number of hydrogen-bond acceptors (Lipinski definition) is 6. The summed E-state index contributed by atoms with van der Waals surface area (Å²) >= 11 is 0. The van der Waals surface area contributed by atoms with Gasteiger partial charge in [-0.3, -0.25) is 10.0 Å². The number of hydrogen-bond donors (Lipinski definition) is 2. The van der Waals surface area contributed by atoms with E-state index in [9.17, 15) is 18.4 Å². The molecular formula is C18H17N3O5S. The molecule has 0 radical (unpaired) electrons. The second-order valence-electron chi connectivity index (χ2n) is 5.79. The number of likely N-dealkylation sites (N-methyl/N-ethyl adjacent to an activating group) is 1. The van der Waals surface area contributed by atoms with Gasteiger partial charge in [-0.1, -0.05) is 48.5 Å². The number of carbonyl (C=O) groups is 1. The van der Waals surface area contributed by atoms with Crippen molar-refractivity contribution in [3.63, 3.8) is 0 Å². The molecule has 0 fully saturated rings. The summed E-state index contributed by atoms with van der Waals surface area (Å²) in [5.41, 5.74) is 1.16. The van der Waals surface area contributed by atoms with Crippen LogP contribution in [0.25, 0.3) is 22.6 Å². The van der Waals surface area contributed by atoms with Crippen molar-refractivity contribution >= 4 is 15.9 Å². The molecule has 0 saturated carbocycles. The van der Waals surface area contributed by atoms with E-state index in [-0.39, 0.29) is 28.5 Å². The fourth-order valence-corrected chi connectivity index (χ4v) is 3.30. The lowest BCUT2D eigenvalue weighted by atomic mass is 10.1. The van der Waals surface area contributed by atoms with Gasteiger partial charge in [-0.25, -0.2) is 23.6 Å². The summed E-state index contributed by atoms with van der Waals surface area (Å²) in [6.45, 7) is 0. The van der Waals surface area contributed by atoms with Crippen LogP contribution in [0.3, 0.4) is 0 Å². The number of hydroxylamine groups is 2. The predicted molar refractivity (Wildman–Crippen MR) is 97.0 cm³/mol. The molecule has 1 aromatic heterocycles. The highest BCUT2D eigenvalue weighted by Gasteiger charge is 2.24. The molecule has 2 aromatic carbocycles. The third-order valence-electron chi connectivity index (χ3n) is 3.82. The third kappa shape index (κ3) is 4.05. The van der Waals surface area contributed by atoms with E-state index in [0.717, 1.165) is 0 Å². The number of sulfonamides is 1. The average molecular weight is 387 g/mol. The van der Waals surface area contributed by atoms with E-state index < -0.39 is 15.9 Å². The number of nitrogens with zero attached hydrogens (tertiary/aromatic N) is 2. The Hall–Kier alpha value is -3.01. The summed E-state index contributed by atoms with van der Waals surface area (Å²) in [7, 11) is -2.81. The van der Waals surface area contributed by atoms with Gasteiger partial charge in [0.25, 0.3) is 5.91 Å². The maximum Gasteiger partial charge on any atom is 0.254 e. The van der Waals surface area contributed by atoms with Crippen LogP contribution in [0, 0.1) is 0 Å². The molecule has 0 bridgehead atoms. The molecule has 3 N–H and O–H groups in total. The van der Waals surface area contributed by atoms with Gasteiger partial charge < -0.3 is 4.42 Å². The molecular weight excluding hydrogens is 370 g/mol. The fourth-order valence-electron chi connectivity index (χ4n) is 2.56. The first-order valence-electron chi connectivity index (χ1n) is 7.90. The Labute approximate surface area is 155 Å². The number of amides is 1. The second-order valence-corrected chi connectivity index (χ2v) is 7.32. The van der Waals surface area contributed by atoms with Crippen LogP contribution >= 0.6 is 0 Å². The van der Waals surface area contributed by atoms with E-state index in [4.69, 9.17) is 9.56 Å². The Morgan fingerprint density at radius 2 is 1.78 bits per heavy atom. The number of rotatable bonds is 5. The van der Waals surface area contributed by atoms with Crippen LogP contribution in [-0.2, 0) is 21.2 Å². The molecule has 9 heteroatoms. The molecule has 27 heavy (non-hydrogen) atoms. The topological polar surface area (TPSA) is 127 Å². The molecule has 0 saturated heterocycles. The van der Waals surface area contributed by atoms with Crippen molar-refractivity contribution in [2.45, 2.75) is 11.3 Å². The van der Waals surface area contributed by atoms with Crippen LogP contribution in [0.2, 0.25) is 0 Å². The summed E-state index contributed by atoms with van der Waals surface area (Å²) in [5.74, 6) is -0.281. The normalized spacial score (nSPS) is 11.4. The van der Waals surface area contributed by atoms with Crippen molar-refractivity contribution in [2.24, 2.45) is 5.14 Å². The summed E-state index contributed by atoms with van der Waals surface area (Å²) < 4.78 is 29.7. The van der Waals surface area contributed by atoms with Crippen molar-refractivity contribution in [3.05, 3.63) is 60.5 Å². The molecule has 0 aliphatic heterocycles. The predicted octanol–water partition coefficient (Wildman–Crippen LogP) is 2.05. The zero-order chi connectivity index (χ0) is 19.6. The Morgan fingerprint density at radius 1 is 1.15 bits per heavy atom. The minimum absolute atomic E-state index is 0.0407. The number of nitrogens with two attached hydrogens (primary N) is 1. The molecule has 1 heterocycles. The monoisotopic (exact) mass is 387 g/mol. The molecule has 0 aliphatic carbocycles. The summed E-state index contributed by atoms with van der Waals surface area (Å²) in [4.78, 5) is 16.0. The van der Waals surface area contributed by atoms with Crippen molar-refractivity contribution in [3.8, 4) is 22.6 Å². The average Bonchev–Trinajstić information content (AvgIpc) is 3.05. The van der Waals surface area contributed by atoms with Gasteiger partial charge in [-0.05, 0) is 6.07 Å². The number of oxazole rings is 1. The maximum atomic E-state index is 12.0. The largest absolute Gasteiger partial charge is 0.439 e. The van der Waals surface area contributed by atoms with E-state index in [0.29, 0.717) is 16.4 Å². The third-order valence-corrected chi connectivity index (χ3v) is 4.79. The standard InChI is InChI=1S/C18H17N3O5S/c1-21(23)16(22)11-15-20-17(18(26-15)12-7-3-2-4-8-12)13-9-5-6-10-14(13)27(19,24)25/h2-10,23H,11H2,1H3,(H2,19,24,25). The Balaban J connectivity index is 2.20. The van der Waals surface area contributed by atoms with E-state index in [1.54, 1.807) is 42.5 Å². The van der Waals surface area contributed by atoms with Gasteiger partial charge >= 0.3 is 0 Å². The van der Waals surface area contributed by atoms with Crippen LogP contribution in [0.4, 0.5) is 0 Å². The molecule has 1 amide bonds. The number of aromatic nitrogens is 1. The van der Waals surface area contributed by atoms with Gasteiger partial charge in [-0.2, -0.15) is 0 Å². The smallest absolute Gasteiger partial charge is 0.254 e. The van der Waals surface area contributed by atoms with Crippen molar-refractivity contribution in [2.75, 3.05) is 7.05 Å². The molecule has 3 rings (SSSR count). The zero-order valence-corrected chi connectivity index (χ0v) is 15.2. The van der Waals surface area contributed by atoms with E-state index >= 15 is 0 Å². The van der Waals surface area contributed by atoms with Crippen molar-refractivity contribution in [1.29, 1.82) is 0 Å².